The summed E-state index contributed by atoms with van der Waals surface area (Å²) in [5, 5.41) is 8.53. The highest BCUT2D eigenvalue weighted by Gasteiger charge is 2.46. The second kappa shape index (κ2) is 7.66. The fourth-order valence-corrected chi connectivity index (χ4v) is 2.71. The van der Waals surface area contributed by atoms with Gasteiger partial charge in [0, 0.05) is 0 Å². The van der Waals surface area contributed by atoms with Gasteiger partial charge in [0.05, 0.1) is 20.1 Å². The first-order chi connectivity index (χ1) is 10.5. The van der Waals surface area contributed by atoms with Crippen molar-refractivity contribution in [2.24, 2.45) is 7.05 Å². The first kappa shape index (κ1) is 22.6. The fourth-order valence-electron chi connectivity index (χ4n) is 1.01. The van der Waals surface area contributed by atoms with Crippen LogP contribution in [0.5, 0.6) is 0 Å². The molecule has 0 radical (unpaired) electrons. The molecule has 0 fully saturated rings. The minimum atomic E-state index is -6.72. The van der Waals surface area contributed by atoms with Gasteiger partial charge < -0.3 is 9.23 Å². The van der Waals surface area contributed by atoms with Crippen LogP contribution < -0.4 is 4.57 Å². The lowest BCUT2D eigenvalue weighted by molar-refractivity contribution is -0.677. The van der Waals surface area contributed by atoms with Gasteiger partial charge in [-0.3, -0.25) is 0 Å². The first-order valence-electron chi connectivity index (χ1n) is 5.54. The summed E-state index contributed by atoms with van der Waals surface area (Å²) in [4.78, 5) is 3.01. The number of hydrogen-bond donors (Lipinski definition) is 2. The van der Waals surface area contributed by atoms with Crippen LogP contribution in [0.2, 0.25) is 0 Å². The van der Waals surface area contributed by atoms with E-state index in [1.165, 1.54) is 0 Å². The van der Waals surface area contributed by atoms with Gasteiger partial charge in [0.15, 0.2) is 20.0 Å². The van der Waals surface area contributed by atoms with E-state index in [-0.39, 0.29) is 6.61 Å². The van der Waals surface area contributed by atoms with Gasteiger partial charge in [-0.1, -0.05) is 0 Å². The molecule has 0 aliphatic rings. The third-order valence-electron chi connectivity index (χ3n) is 2.10. The topological polar surface area (TPSA) is 122 Å². The van der Waals surface area contributed by atoms with Crippen molar-refractivity contribution < 1.29 is 52.9 Å². The molecule has 24 heavy (non-hydrogen) atoms. The van der Waals surface area contributed by atoms with Gasteiger partial charge in [0.1, 0.15) is 12.4 Å². The van der Waals surface area contributed by atoms with Gasteiger partial charge in [0.25, 0.3) is 5.82 Å². The molecule has 1 rings (SSSR count). The third-order valence-corrected chi connectivity index (χ3v) is 4.84. The van der Waals surface area contributed by atoms with Gasteiger partial charge in [-0.05, 0) is 0 Å². The molecule has 1 aromatic rings. The van der Waals surface area contributed by atoms with Crippen LogP contribution in [0.3, 0.4) is 0 Å². The lowest BCUT2D eigenvalue weighted by Crippen LogP contribution is -2.30. The van der Waals surface area contributed by atoms with Crippen LogP contribution in [0.1, 0.15) is 5.82 Å². The number of aliphatic hydroxyl groups excluding tert-OH is 1. The Morgan fingerprint density at radius 1 is 1.08 bits per heavy atom. The Hall–Kier alpha value is -1.39. The number of aliphatic hydroxyl groups is 1. The summed E-state index contributed by atoms with van der Waals surface area (Å²) in [5.74, 6) is 1.05. The van der Waals surface area contributed by atoms with Crippen LogP contribution in [0.25, 0.3) is 4.13 Å². The minimum Gasteiger partial charge on any atom is -0.421 e. The molecule has 0 spiro atoms. The van der Waals surface area contributed by atoms with Crippen molar-refractivity contribution in [2.45, 2.75) is 17.4 Å². The van der Waals surface area contributed by atoms with Crippen LogP contribution in [0, 0.1) is 0 Å². The number of aryl methyl sites for hydroxylation is 1. The Balaban J connectivity index is 0.000000496. The molecule has 0 aromatic carbocycles. The summed E-state index contributed by atoms with van der Waals surface area (Å²) in [6.07, 6.45) is 4.47. The molecule has 16 heteroatoms. The van der Waals surface area contributed by atoms with Crippen LogP contribution in [-0.2, 0) is 33.5 Å². The van der Waals surface area contributed by atoms with Crippen molar-refractivity contribution in [1.82, 2.24) is 4.98 Å². The summed E-state index contributed by atoms with van der Waals surface area (Å²) in [6, 6.07) is 0. The van der Waals surface area contributed by atoms with E-state index in [0.717, 1.165) is 9.95 Å². The monoisotopic (exact) mass is 407 g/mol. The number of imidazole rings is 1. The van der Waals surface area contributed by atoms with E-state index >= 15 is 0 Å². The quantitative estimate of drug-likeness (QED) is 0.554. The van der Waals surface area contributed by atoms with Crippen molar-refractivity contribution >= 4 is 20.0 Å². The first-order valence-corrected chi connectivity index (χ1v) is 8.42. The lowest BCUT2D eigenvalue weighted by atomic mass is 10.4. The second-order valence-electron chi connectivity index (χ2n) is 3.91. The predicted octanol–water partition coefficient (Wildman–Crippen LogP) is 0.433. The molecule has 142 valence electrons. The smallest absolute Gasteiger partial charge is 0.421 e. The molecule has 0 saturated carbocycles. The average molecular weight is 407 g/mol. The Labute approximate surface area is 132 Å². The maximum atomic E-state index is 11.4. The summed E-state index contributed by atoms with van der Waals surface area (Å²) < 4.78 is 111. The van der Waals surface area contributed by atoms with Crippen molar-refractivity contribution in [1.29, 1.82) is 0 Å². The molecule has 0 bridgehead atoms. The van der Waals surface area contributed by atoms with Gasteiger partial charge in [-0.25, -0.2) is 26.4 Å². The Morgan fingerprint density at radius 3 is 1.75 bits per heavy atom. The SMILES string of the molecule is C[n+]1cc[nH]c1CCO.O=S(=O)([N-]S(=O)(=O)C(F)(F)F)C(F)(F)F. The highest BCUT2D eigenvalue weighted by Crippen LogP contribution is 2.36. The van der Waals surface area contributed by atoms with E-state index in [0.29, 0.717) is 6.42 Å². The molecule has 1 heterocycles. The molecule has 0 aliphatic heterocycles. The molecule has 2 N–H and O–H groups in total. The van der Waals surface area contributed by atoms with Crippen molar-refractivity contribution in [2.75, 3.05) is 6.61 Å². The zero-order chi connectivity index (χ0) is 19.4. The highest BCUT2D eigenvalue weighted by atomic mass is 32.3. The zero-order valence-electron chi connectivity index (χ0n) is 11.6. The minimum absolute atomic E-state index is 0.203. The van der Waals surface area contributed by atoms with Crippen molar-refractivity contribution in [3.63, 3.8) is 0 Å². The highest BCUT2D eigenvalue weighted by molar-refractivity contribution is 8.13. The lowest BCUT2D eigenvalue weighted by Gasteiger charge is -2.22. The molecule has 0 unspecified atom stereocenters. The average Bonchev–Trinajstić information content (AvgIpc) is 2.72. The Kier molecular flexibility index (Phi) is 7.22. The van der Waals surface area contributed by atoms with E-state index < -0.39 is 31.1 Å². The van der Waals surface area contributed by atoms with Crippen LogP contribution in [-0.4, -0.2) is 44.5 Å². The summed E-state index contributed by atoms with van der Waals surface area (Å²) in [6.45, 7) is 0.203. The number of rotatable bonds is 4. The number of aromatic amines is 1. The summed E-state index contributed by atoms with van der Waals surface area (Å²) >= 11 is 0. The van der Waals surface area contributed by atoms with E-state index in [2.05, 4.69) is 4.98 Å². The second-order valence-corrected chi connectivity index (χ2v) is 7.33. The Morgan fingerprint density at radius 2 is 1.50 bits per heavy atom. The molecule has 8 nitrogen and oxygen atoms in total. The van der Waals surface area contributed by atoms with Gasteiger partial charge >= 0.3 is 11.0 Å². The predicted molar refractivity (Wildman–Crippen MR) is 66.1 cm³/mol. The number of halogens is 6. The van der Waals surface area contributed by atoms with Crippen LogP contribution >= 0.6 is 0 Å². The van der Waals surface area contributed by atoms with E-state index in [1.54, 1.807) is 0 Å². The number of hydrogen-bond acceptors (Lipinski definition) is 5. The zero-order valence-corrected chi connectivity index (χ0v) is 13.3. The van der Waals surface area contributed by atoms with E-state index in [4.69, 9.17) is 5.11 Å². The van der Waals surface area contributed by atoms with E-state index in [9.17, 15) is 43.2 Å². The molecular weight excluding hydrogens is 396 g/mol. The molecule has 0 saturated heterocycles. The third kappa shape index (κ3) is 6.25. The van der Waals surface area contributed by atoms with E-state index in [1.807, 2.05) is 24.0 Å². The molecule has 1 aromatic heterocycles. The fraction of sp³-hybridized carbons (Fsp3) is 0.625. The van der Waals surface area contributed by atoms with Gasteiger partial charge in [0.2, 0.25) is 0 Å². The molecule has 0 aliphatic carbocycles. The van der Waals surface area contributed by atoms with Gasteiger partial charge in [-0.15, -0.1) is 0 Å². The maximum absolute atomic E-state index is 11.4. The summed E-state index contributed by atoms with van der Waals surface area (Å²) in [5.41, 5.74) is -12.4. The molecule has 0 atom stereocenters. The summed E-state index contributed by atoms with van der Waals surface area (Å²) in [7, 11) is -11.5. The molecule has 0 amide bonds. The Bertz CT molecular complexity index is 695. The number of sulfonamides is 2. The van der Waals surface area contributed by atoms with Crippen LogP contribution in [0.15, 0.2) is 12.4 Å². The number of aromatic nitrogens is 2. The standard InChI is InChI=1S/C6H10N2O.C2F6NO4S2/c1-8-4-3-7-6(8)2-5-9;3-1(4,5)14(10,11)9-15(12,13)2(6,7)8/h3-4,9H,2,5H2,1H3;/q;-1/p+1. The molecular formula is C8H11F6N3O5S2. The number of nitrogens with zero attached hydrogens (tertiary/aromatic N) is 2. The normalized spacial score (nSPS) is 13.3. The van der Waals surface area contributed by atoms with Crippen molar-refractivity contribution in [3.8, 4) is 0 Å². The number of H-pyrrole nitrogens is 1. The van der Waals surface area contributed by atoms with Crippen LogP contribution in [0.4, 0.5) is 26.3 Å². The van der Waals surface area contributed by atoms with Crippen molar-refractivity contribution in [3.05, 3.63) is 22.3 Å². The van der Waals surface area contributed by atoms with Gasteiger partial charge in [-0.2, -0.15) is 26.3 Å². The number of alkyl halides is 6. The largest absolute Gasteiger partial charge is 0.480 e. The number of nitrogens with one attached hydrogen (secondary N) is 1. The maximum Gasteiger partial charge on any atom is 0.480 e.